The zero-order valence-corrected chi connectivity index (χ0v) is 12.3. The van der Waals surface area contributed by atoms with Crippen LogP contribution in [-0.2, 0) is 6.54 Å². The molecule has 6 heteroatoms. The Morgan fingerprint density at radius 3 is 2.84 bits per heavy atom. The topological polar surface area (TPSA) is 66.5 Å². The number of halogens is 1. The highest BCUT2D eigenvalue weighted by molar-refractivity contribution is 9.10. The van der Waals surface area contributed by atoms with E-state index >= 15 is 0 Å². The molecule has 2 rings (SSSR count). The van der Waals surface area contributed by atoms with Crippen LogP contribution in [0.3, 0.4) is 0 Å². The first kappa shape index (κ1) is 13.7. The highest BCUT2D eigenvalue weighted by Gasteiger charge is 2.07. The van der Waals surface area contributed by atoms with Gasteiger partial charge in [-0.05, 0) is 33.6 Å². The average molecular weight is 320 g/mol. The Labute approximate surface area is 120 Å². The lowest BCUT2D eigenvalue weighted by Crippen LogP contribution is -2.21. The fraction of sp³-hybridized carbons (Fsp3) is 0.308. The summed E-state index contributed by atoms with van der Waals surface area (Å²) in [6.07, 6.45) is 1.53. The summed E-state index contributed by atoms with van der Waals surface area (Å²) in [4.78, 5) is 3.89. The monoisotopic (exact) mass is 319 g/mol. The summed E-state index contributed by atoms with van der Waals surface area (Å²) < 4.78 is 2.51. The highest BCUT2D eigenvalue weighted by atomic mass is 79.9. The molecular weight excluding hydrogens is 306 g/mol. The number of nitrogens with one attached hydrogen (secondary N) is 1. The third-order valence-electron chi connectivity index (χ3n) is 2.57. The maximum absolute atomic E-state index is 8.72. The van der Waals surface area contributed by atoms with Gasteiger partial charge in [-0.3, -0.25) is 0 Å². The molecule has 0 amide bonds. The van der Waals surface area contributed by atoms with Gasteiger partial charge in [-0.1, -0.05) is 19.9 Å². The van der Waals surface area contributed by atoms with Crippen molar-refractivity contribution >= 4 is 15.9 Å². The van der Waals surface area contributed by atoms with Crippen molar-refractivity contribution in [2.75, 3.05) is 0 Å². The van der Waals surface area contributed by atoms with Crippen LogP contribution in [0, 0.1) is 11.3 Å². The quantitative estimate of drug-likeness (QED) is 0.939. The normalized spacial score (nSPS) is 10.7. The van der Waals surface area contributed by atoms with Crippen molar-refractivity contribution in [3.05, 3.63) is 40.4 Å². The first-order chi connectivity index (χ1) is 9.10. The third-order valence-corrected chi connectivity index (χ3v) is 3.20. The van der Waals surface area contributed by atoms with Crippen LogP contribution in [0.1, 0.15) is 25.2 Å². The van der Waals surface area contributed by atoms with E-state index in [-0.39, 0.29) is 5.82 Å². The molecule has 0 saturated carbocycles. The fourth-order valence-electron chi connectivity index (χ4n) is 1.60. The number of benzene rings is 1. The van der Waals surface area contributed by atoms with Gasteiger partial charge in [0, 0.05) is 17.1 Å². The summed E-state index contributed by atoms with van der Waals surface area (Å²) in [6.45, 7) is 5.04. The number of hydrogen-bond donors (Lipinski definition) is 1. The Hall–Kier alpha value is -1.71. The van der Waals surface area contributed by atoms with Gasteiger partial charge in [0.25, 0.3) is 5.82 Å². The third kappa shape index (κ3) is 3.40. The number of nitrogens with zero attached hydrogens (tertiary/aromatic N) is 4. The molecule has 0 spiro atoms. The zero-order valence-electron chi connectivity index (χ0n) is 10.8. The minimum absolute atomic E-state index is 0.164. The smallest absolute Gasteiger partial charge is 0.252 e. The molecule has 98 valence electrons. The van der Waals surface area contributed by atoms with Crippen molar-refractivity contribution in [2.45, 2.75) is 26.4 Å². The molecule has 2 aromatic rings. The van der Waals surface area contributed by atoms with E-state index in [1.165, 1.54) is 11.9 Å². The number of rotatable bonds is 4. The van der Waals surface area contributed by atoms with Crippen LogP contribution < -0.4 is 5.32 Å². The van der Waals surface area contributed by atoms with Crippen LogP contribution in [0.4, 0.5) is 0 Å². The van der Waals surface area contributed by atoms with E-state index in [0.29, 0.717) is 6.04 Å². The molecule has 0 radical (unpaired) electrons. The van der Waals surface area contributed by atoms with Gasteiger partial charge < -0.3 is 5.32 Å². The van der Waals surface area contributed by atoms with Crippen LogP contribution >= 0.6 is 15.9 Å². The molecule has 1 aromatic heterocycles. The summed E-state index contributed by atoms with van der Waals surface area (Å²) in [5, 5.41) is 16.2. The largest absolute Gasteiger partial charge is 0.310 e. The summed E-state index contributed by atoms with van der Waals surface area (Å²) in [6, 6.07) is 8.39. The number of hydrogen-bond acceptors (Lipinski definition) is 4. The van der Waals surface area contributed by atoms with E-state index < -0.39 is 0 Å². The van der Waals surface area contributed by atoms with E-state index in [0.717, 1.165) is 16.7 Å². The Morgan fingerprint density at radius 1 is 1.47 bits per heavy atom. The molecule has 0 unspecified atom stereocenters. The average Bonchev–Trinajstić information content (AvgIpc) is 2.85. The SMILES string of the molecule is CC(C)NCc1ccc(-n2cnc(C#N)n2)c(Br)c1. The van der Waals surface area contributed by atoms with Gasteiger partial charge in [0.15, 0.2) is 0 Å². The van der Waals surface area contributed by atoms with E-state index in [9.17, 15) is 0 Å². The summed E-state index contributed by atoms with van der Waals surface area (Å²) in [5.41, 5.74) is 2.05. The Bertz CT molecular complexity index is 612. The van der Waals surface area contributed by atoms with Crippen LogP contribution in [0.15, 0.2) is 29.0 Å². The number of aromatic nitrogens is 3. The van der Waals surface area contributed by atoms with Gasteiger partial charge >= 0.3 is 0 Å². The second-order valence-electron chi connectivity index (χ2n) is 4.45. The van der Waals surface area contributed by atoms with Crippen LogP contribution in [-0.4, -0.2) is 20.8 Å². The molecular formula is C13H14BrN5. The van der Waals surface area contributed by atoms with E-state index in [4.69, 9.17) is 5.26 Å². The van der Waals surface area contributed by atoms with E-state index in [1.54, 1.807) is 4.68 Å². The first-order valence-corrected chi connectivity index (χ1v) is 6.73. The molecule has 1 heterocycles. The molecule has 0 aliphatic rings. The molecule has 0 aliphatic carbocycles. The van der Waals surface area contributed by atoms with Crippen LogP contribution in [0.5, 0.6) is 0 Å². The van der Waals surface area contributed by atoms with Gasteiger partial charge in [-0.25, -0.2) is 9.67 Å². The van der Waals surface area contributed by atoms with Gasteiger partial charge in [0.2, 0.25) is 0 Å². The van der Waals surface area contributed by atoms with Crippen molar-refractivity contribution in [1.29, 1.82) is 5.26 Å². The lowest BCUT2D eigenvalue weighted by Gasteiger charge is -2.10. The van der Waals surface area contributed by atoms with Crippen molar-refractivity contribution in [3.63, 3.8) is 0 Å². The second-order valence-corrected chi connectivity index (χ2v) is 5.30. The standard InChI is InChI=1S/C13H14BrN5/c1-9(2)16-7-10-3-4-12(11(14)5-10)19-8-17-13(6-15)18-19/h3-5,8-9,16H,7H2,1-2H3. The molecule has 0 fully saturated rings. The lowest BCUT2D eigenvalue weighted by atomic mass is 10.2. The molecule has 0 atom stereocenters. The maximum atomic E-state index is 8.72. The van der Waals surface area contributed by atoms with Gasteiger partial charge in [-0.15, -0.1) is 5.10 Å². The molecule has 19 heavy (non-hydrogen) atoms. The maximum Gasteiger partial charge on any atom is 0.252 e. The number of nitriles is 1. The van der Waals surface area contributed by atoms with Gasteiger partial charge in [0.05, 0.1) is 5.69 Å². The zero-order chi connectivity index (χ0) is 13.8. The highest BCUT2D eigenvalue weighted by Crippen LogP contribution is 2.21. The molecule has 5 nitrogen and oxygen atoms in total. The Kier molecular flexibility index (Phi) is 4.30. The molecule has 1 N–H and O–H groups in total. The van der Waals surface area contributed by atoms with Crippen molar-refractivity contribution in [3.8, 4) is 11.8 Å². The van der Waals surface area contributed by atoms with Crippen LogP contribution in [0.2, 0.25) is 0 Å². The molecule has 1 aromatic carbocycles. The predicted octanol–water partition coefficient (Wildman–Crippen LogP) is 2.40. The predicted molar refractivity (Wildman–Crippen MR) is 75.7 cm³/mol. The van der Waals surface area contributed by atoms with Gasteiger partial charge in [-0.2, -0.15) is 5.26 Å². The summed E-state index contributed by atoms with van der Waals surface area (Å²) >= 11 is 3.52. The minimum atomic E-state index is 0.164. The van der Waals surface area contributed by atoms with Crippen LogP contribution in [0.25, 0.3) is 5.69 Å². The minimum Gasteiger partial charge on any atom is -0.310 e. The summed E-state index contributed by atoms with van der Waals surface area (Å²) in [5.74, 6) is 0.164. The van der Waals surface area contributed by atoms with Gasteiger partial charge in [0.1, 0.15) is 12.4 Å². The summed E-state index contributed by atoms with van der Waals surface area (Å²) in [7, 11) is 0. The second kappa shape index (κ2) is 5.95. The van der Waals surface area contributed by atoms with Crippen molar-refractivity contribution in [1.82, 2.24) is 20.1 Å². The lowest BCUT2D eigenvalue weighted by molar-refractivity contribution is 0.588. The Morgan fingerprint density at radius 2 is 2.26 bits per heavy atom. The first-order valence-electron chi connectivity index (χ1n) is 5.94. The van der Waals surface area contributed by atoms with E-state index in [2.05, 4.69) is 45.2 Å². The molecule has 0 saturated heterocycles. The molecule has 0 bridgehead atoms. The van der Waals surface area contributed by atoms with E-state index in [1.807, 2.05) is 24.3 Å². The van der Waals surface area contributed by atoms with Crippen molar-refractivity contribution in [2.24, 2.45) is 0 Å². The fourth-order valence-corrected chi connectivity index (χ4v) is 2.21. The molecule has 0 aliphatic heterocycles. The Balaban J connectivity index is 2.22. The van der Waals surface area contributed by atoms with Crippen molar-refractivity contribution < 1.29 is 0 Å².